The zero-order chi connectivity index (χ0) is 12.8. The van der Waals surface area contributed by atoms with E-state index >= 15 is 0 Å². The number of rotatable bonds is 6. The molecule has 5 heteroatoms. The van der Waals surface area contributed by atoms with Crippen LogP contribution in [0.15, 0.2) is 6.07 Å². The molecule has 1 aliphatic rings. The molecule has 1 atom stereocenters. The minimum atomic E-state index is 0.364. The van der Waals surface area contributed by atoms with E-state index in [-0.39, 0.29) is 0 Å². The highest BCUT2D eigenvalue weighted by atomic mass is 16.5. The van der Waals surface area contributed by atoms with Crippen molar-refractivity contribution in [3.05, 3.63) is 23.3 Å². The smallest absolute Gasteiger partial charge is 0.134 e. The standard InChI is InChI=1S/C13H21N3O2/c1-10-7-12(8-14-4-6-17-2)16-13(15-10)11-3-5-18-9-11/h7,11,14H,3-6,8-9H2,1-2H3. The van der Waals surface area contributed by atoms with Crippen LogP contribution in [0.25, 0.3) is 0 Å². The molecule has 1 saturated heterocycles. The van der Waals surface area contributed by atoms with Crippen LogP contribution in [-0.2, 0) is 16.0 Å². The van der Waals surface area contributed by atoms with Gasteiger partial charge in [-0.15, -0.1) is 0 Å². The molecule has 0 aliphatic carbocycles. The summed E-state index contributed by atoms with van der Waals surface area (Å²) in [5, 5.41) is 3.30. The molecule has 0 saturated carbocycles. The second-order valence-corrected chi connectivity index (χ2v) is 4.59. The average molecular weight is 251 g/mol. The molecule has 1 fully saturated rings. The topological polar surface area (TPSA) is 56.3 Å². The van der Waals surface area contributed by atoms with Crippen molar-refractivity contribution in [1.82, 2.24) is 15.3 Å². The van der Waals surface area contributed by atoms with Crippen LogP contribution in [0.5, 0.6) is 0 Å². The van der Waals surface area contributed by atoms with Crippen LogP contribution in [0, 0.1) is 6.92 Å². The van der Waals surface area contributed by atoms with Crippen LogP contribution >= 0.6 is 0 Å². The first-order valence-corrected chi connectivity index (χ1v) is 6.41. The van der Waals surface area contributed by atoms with Crippen LogP contribution in [0.4, 0.5) is 0 Å². The highest BCUT2D eigenvalue weighted by Crippen LogP contribution is 2.22. The fourth-order valence-electron chi connectivity index (χ4n) is 2.06. The lowest BCUT2D eigenvalue weighted by Crippen LogP contribution is -2.20. The molecule has 1 aliphatic heterocycles. The quantitative estimate of drug-likeness (QED) is 0.765. The van der Waals surface area contributed by atoms with E-state index in [4.69, 9.17) is 9.47 Å². The minimum Gasteiger partial charge on any atom is -0.383 e. The molecule has 1 N–H and O–H groups in total. The first kappa shape index (κ1) is 13.4. The molecule has 2 rings (SSSR count). The molecule has 0 aromatic carbocycles. The van der Waals surface area contributed by atoms with Gasteiger partial charge in [-0.1, -0.05) is 0 Å². The molecule has 1 unspecified atom stereocenters. The van der Waals surface area contributed by atoms with Gasteiger partial charge in [0.25, 0.3) is 0 Å². The number of aryl methyl sites for hydroxylation is 1. The zero-order valence-electron chi connectivity index (χ0n) is 11.1. The van der Waals surface area contributed by atoms with Gasteiger partial charge in [0.1, 0.15) is 5.82 Å². The molecule has 1 aromatic rings. The van der Waals surface area contributed by atoms with Gasteiger partial charge in [-0.3, -0.25) is 0 Å². The van der Waals surface area contributed by atoms with E-state index in [0.29, 0.717) is 12.5 Å². The van der Waals surface area contributed by atoms with Crippen molar-refractivity contribution in [1.29, 1.82) is 0 Å². The Kier molecular flexibility index (Phi) is 5.04. The number of nitrogens with one attached hydrogen (secondary N) is 1. The SMILES string of the molecule is COCCNCc1cc(C)nc(C2CCOC2)n1. The molecule has 0 bridgehead atoms. The van der Waals surface area contributed by atoms with E-state index in [9.17, 15) is 0 Å². The van der Waals surface area contributed by atoms with Gasteiger partial charge >= 0.3 is 0 Å². The number of nitrogens with zero attached hydrogens (tertiary/aromatic N) is 2. The average Bonchev–Trinajstić information content (AvgIpc) is 2.88. The zero-order valence-corrected chi connectivity index (χ0v) is 11.1. The number of hydrogen-bond acceptors (Lipinski definition) is 5. The molecular formula is C13H21N3O2. The van der Waals surface area contributed by atoms with E-state index in [2.05, 4.69) is 15.3 Å². The Morgan fingerprint density at radius 3 is 3.11 bits per heavy atom. The van der Waals surface area contributed by atoms with Gasteiger partial charge in [0.2, 0.25) is 0 Å². The summed E-state index contributed by atoms with van der Waals surface area (Å²) in [5.41, 5.74) is 2.07. The number of methoxy groups -OCH3 is 1. The summed E-state index contributed by atoms with van der Waals surface area (Å²) in [6.45, 7) is 5.89. The van der Waals surface area contributed by atoms with Crippen LogP contribution in [-0.4, -0.2) is 43.4 Å². The third kappa shape index (κ3) is 3.73. The Morgan fingerprint density at radius 2 is 2.39 bits per heavy atom. The molecule has 5 nitrogen and oxygen atoms in total. The van der Waals surface area contributed by atoms with Gasteiger partial charge in [0.15, 0.2) is 0 Å². The molecule has 0 spiro atoms. The summed E-state index contributed by atoms with van der Waals surface area (Å²) >= 11 is 0. The van der Waals surface area contributed by atoms with Gasteiger partial charge in [-0.25, -0.2) is 9.97 Å². The maximum Gasteiger partial charge on any atom is 0.134 e. The molecular weight excluding hydrogens is 230 g/mol. The van der Waals surface area contributed by atoms with Crippen molar-refractivity contribution in [3.8, 4) is 0 Å². The Hall–Kier alpha value is -1.04. The van der Waals surface area contributed by atoms with E-state index in [1.807, 2.05) is 13.0 Å². The highest BCUT2D eigenvalue weighted by molar-refractivity contribution is 5.13. The summed E-state index contributed by atoms with van der Waals surface area (Å²) in [6, 6.07) is 2.03. The minimum absolute atomic E-state index is 0.364. The van der Waals surface area contributed by atoms with E-state index in [1.165, 1.54) is 0 Å². The van der Waals surface area contributed by atoms with E-state index < -0.39 is 0 Å². The summed E-state index contributed by atoms with van der Waals surface area (Å²) < 4.78 is 10.4. The molecule has 100 valence electrons. The Morgan fingerprint density at radius 1 is 1.50 bits per heavy atom. The lowest BCUT2D eigenvalue weighted by atomic mass is 10.1. The first-order chi connectivity index (χ1) is 8.79. The molecule has 0 amide bonds. The van der Waals surface area contributed by atoms with Crippen molar-refractivity contribution >= 4 is 0 Å². The second kappa shape index (κ2) is 6.78. The summed E-state index contributed by atoms with van der Waals surface area (Å²) in [5.74, 6) is 1.29. The number of hydrogen-bond donors (Lipinski definition) is 1. The third-order valence-corrected chi connectivity index (χ3v) is 3.01. The lowest BCUT2D eigenvalue weighted by molar-refractivity contribution is 0.193. The number of ether oxygens (including phenoxy) is 2. The van der Waals surface area contributed by atoms with Crippen molar-refractivity contribution in [3.63, 3.8) is 0 Å². The predicted molar refractivity (Wildman–Crippen MR) is 68.5 cm³/mol. The fraction of sp³-hybridized carbons (Fsp3) is 0.692. The third-order valence-electron chi connectivity index (χ3n) is 3.01. The molecule has 2 heterocycles. The van der Waals surface area contributed by atoms with Gasteiger partial charge in [-0.05, 0) is 19.4 Å². The van der Waals surface area contributed by atoms with Gasteiger partial charge in [-0.2, -0.15) is 0 Å². The largest absolute Gasteiger partial charge is 0.383 e. The van der Waals surface area contributed by atoms with Gasteiger partial charge in [0, 0.05) is 38.4 Å². The maximum atomic E-state index is 5.39. The second-order valence-electron chi connectivity index (χ2n) is 4.59. The van der Waals surface area contributed by atoms with E-state index in [1.54, 1.807) is 7.11 Å². The van der Waals surface area contributed by atoms with E-state index in [0.717, 1.165) is 49.9 Å². The molecule has 18 heavy (non-hydrogen) atoms. The normalized spacial score (nSPS) is 19.3. The fourth-order valence-corrected chi connectivity index (χ4v) is 2.06. The maximum absolute atomic E-state index is 5.39. The predicted octanol–water partition coefficient (Wildman–Crippen LogP) is 1.02. The van der Waals surface area contributed by atoms with Gasteiger partial charge < -0.3 is 14.8 Å². The first-order valence-electron chi connectivity index (χ1n) is 6.41. The van der Waals surface area contributed by atoms with Crippen molar-refractivity contribution in [2.75, 3.05) is 33.5 Å². The van der Waals surface area contributed by atoms with Gasteiger partial charge in [0.05, 0.1) is 18.9 Å². The molecule has 1 aromatic heterocycles. The number of aromatic nitrogens is 2. The van der Waals surface area contributed by atoms with Crippen LogP contribution in [0.3, 0.4) is 0 Å². The summed E-state index contributed by atoms with van der Waals surface area (Å²) in [6.07, 6.45) is 1.03. The van der Waals surface area contributed by atoms with Crippen molar-refractivity contribution in [2.45, 2.75) is 25.8 Å². The monoisotopic (exact) mass is 251 g/mol. The Balaban J connectivity index is 1.97. The lowest BCUT2D eigenvalue weighted by Gasteiger charge is -2.10. The van der Waals surface area contributed by atoms with Crippen LogP contribution in [0.1, 0.15) is 29.6 Å². The summed E-state index contributed by atoms with van der Waals surface area (Å²) in [4.78, 5) is 9.14. The van der Waals surface area contributed by atoms with Crippen molar-refractivity contribution < 1.29 is 9.47 Å². The van der Waals surface area contributed by atoms with Crippen LogP contribution < -0.4 is 5.32 Å². The Bertz CT molecular complexity index is 378. The Labute approximate surface area is 108 Å². The van der Waals surface area contributed by atoms with Crippen LogP contribution in [0.2, 0.25) is 0 Å². The van der Waals surface area contributed by atoms with Crippen molar-refractivity contribution in [2.24, 2.45) is 0 Å². The highest BCUT2D eigenvalue weighted by Gasteiger charge is 2.21. The molecule has 0 radical (unpaired) electrons. The summed E-state index contributed by atoms with van der Waals surface area (Å²) in [7, 11) is 1.70.